The van der Waals surface area contributed by atoms with Gasteiger partial charge in [-0.15, -0.1) is 24.0 Å². The van der Waals surface area contributed by atoms with Gasteiger partial charge in [-0.25, -0.2) is 12.8 Å². The summed E-state index contributed by atoms with van der Waals surface area (Å²) in [5.74, 6) is 0.304. The Kier molecular flexibility index (Phi) is 8.48. The van der Waals surface area contributed by atoms with Crippen molar-refractivity contribution >= 4 is 39.8 Å². The fourth-order valence-electron chi connectivity index (χ4n) is 2.48. The first-order valence-corrected chi connectivity index (χ1v) is 9.67. The lowest BCUT2D eigenvalue weighted by Gasteiger charge is -2.13. The maximum atomic E-state index is 13.2. The van der Waals surface area contributed by atoms with Crippen molar-refractivity contribution in [2.45, 2.75) is 24.9 Å². The van der Waals surface area contributed by atoms with E-state index in [9.17, 15) is 12.8 Å². The molecule has 0 radical (unpaired) electrons. The molecular weight excluding hydrogens is 468 g/mol. The second kappa shape index (κ2) is 9.86. The van der Waals surface area contributed by atoms with Crippen LogP contribution >= 0.6 is 24.0 Å². The van der Waals surface area contributed by atoms with Crippen LogP contribution in [0.3, 0.4) is 0 Å². The SMILES string of the molecule is CN=C(NCc1cccc(F)c1)NCc1ccc(S(C)(=O)=O)c(C)c1.I. The summed E-state index contributed by atoms with van der Waals surface area (Å²) in [7, 11) is -1.56. The Morgan fingerprint density at radius 2 is 1.69 bits per heavy atom. The minimum Gasteiger partial charge on any atom is -0.352 e. The lowest BCUT2D eigenvalue weighted by molar-refractivity contribution is 0.601. The minimum atomic E-state index is -3.22. The number of rotatable bonds is 5. The van der Waals surface area contributed by atoms with E-state index in [0.717, 1.165) is 11.1 Å². The van der Waals surface area contributed by atoms with Crippen LogP contribution in [0.15, 0.2) is 52.4 Å². The topological polar surface area (TPSA) is 70.6 Å². The van der Waals surface area contributed by atoms with Gasteiger partial charge in [0.15, 0.2) is 15.8 Å². The van der Waals surface area contributed by atoms with Gasteiger partial charge < -0.3 is 10.6 Å². The predicted octanol–water partition coefficient (Wildman–Crippen LogP) is 3.02. The van der Waals surface area contributed by atoms with Gasteiger partial charge in [-0.05, 0) is 41.8 Å². The largest absolute Gasteiger partial charge is 0.352 e. The number of aliphatic imine (C=N–C) groups is 1. The van der Waals surface area contributed by atoms with Crippen LogP contribution in [0, 0.1) is 12.7 Å². The Morgan fingerprint density at radius 1 is 1.08 bits per heavy atom. The first kappa shape index (κ1) is 22.4. The number of nitrogens with zero attached hydrogens (tertiary/aromatic N) is 1. The van der Waals surface area contributed by atoms with Crippen molar-refractivity contribution in [2.24, 2.45) is 4.99 Å². The van der Waals surface area contributed by atoms with E-state index < -0.39 is 9.84 Å². The van der Waals surface area contributed by atoms with Crippen molar-refractivity contribution in [3.8, 4) is 0 Å². The smallest absolute Gasteiger partial charge is 0.191 e. The van der Waals surface area contributed by atoms with E-state index in [1.807, 2.05) is 12.1 Å². The second-order valence-corrected chi connectivity index (χ2v) is 7.77. The van der Waals surface area contributed by atoms with Crippen LogP contribution in [-0.2, 0) is 22.9 Å². The van der Waals surface area contributed by atoms with Crippen LogP contribution < -0.4 is 10.6 Å². The van der Waals surface area contributed by atoms with Crippen molar-refractivity contribution in [1.82, 2.24) is 10.6 Å². The van der Waals surface area contributed by atoms with Crippen molar-refractivity contribution in [2.75, 3.05) is 13.3 Å². The molecule has 26 heavy (non-hydrogen) atoms. The molecule has 2 N–H and O–H groups in total. The van der Waals surface area contributed by atoms with Gasteiger partial charge in [-0.1, -0.05) is 24.3 Å². The molecule has 0 aliphatic carbocycles. The third kappa shape index (κ3) is 6.56. The molecule has 2 rings (SSSR count). The van der Waals surface area contributed by atoms with E-state index in [1.54, 1.807) is 32.2 Å². The van der Waals surface area contributed by atoms with Gasteiger partial charge in [-0.2, -0.15) is 0 Å². The zero-order valence-electron chi connectivity index (χ0n) is 14.9. The number of halogens is 2. The molecule has 142 valence electrons. The lowest BCUT2D eigenvalue weighted by atomic mass is 10.1. The Balaban J connectivity index is 0.00000338. The molecule has 2 aromatic carbocycles. The number of benzene rings is 2. The molecule has 0 fully saturated rings. The zero-order valence-corrected chi connectivity index (χ0v) is 18.1. The zero-order chi connectivity index (χ0) is 18.4. The molecule has 0 bridgehead atoms. The molecule has 0 heterocycles. The Morgan fingerprint density at radius 3 is 2.19 bits per heavy atom. The number of guanidine groups is 1. The summed E-state index contributed by atoms with van der Waals surface area (Å²) in [5.41, 5.74) is 2.47. The first-order valence-electron chi connectivity index (χ1n) is 7.78. The van der Waals surface area contributed by atoms with Crippen LogP contribution in [-0.4, -0.2) is 27.7 Å². The van der Waals surface area contributed by atoms with Gasteiger partial charge in [0.25, 0.3) is 0 Å². The van der Waals surface area contributed by atoms with Crippen molar-refractivity contribution in [1.29, 1.82) is 0 Å². The van der Waals surface area contributed by atoms with E-state index in [1.165, 1.54) is 18.4 Å². The molecule has 0 aromatic heterocycles. The van der Waals surface area contributed by atoms with Gasteiger partial charge in [0.2, 0.25) is 0 Å². The average molecular weight is 491 g/mol. The van der Waals surface area contributed by atoms with E-state index >= 15 is 0 Å². The molecule has 0 aliphatic rings. The second-order valence-electron chi connectivity index (χ2n) is 5.78. The summed E-state index contributed by atoms with van der Waals surface area (Å²) in [4.78, 5) is 4.46. The van der Waals surface area contributed by atoms with Gasteiger partial charge >= 0.3 is 0 Å². The van der Waals surface area contributed by atoms with Gasteiger partial charge in [0, 0.05) is 26.4 Å². The van der Waals surface area contributed by atoms with Crippen molar-refractivity contribution in [3.63, 3.8) is 0 Å². The maximum Gasteiger partial charge on any atom is 0.191 e. The normalized spacial score (nSPS) is 11.6. The molecular formula is C18H23FIN3O2S. The van der Waals surface area contributed by atoms with Crippen LogP contribution in [0.5, 0.6) is 0 Å². The molecule has 0 spiro atoms. The number of sulfone groups is 1. The first-order chi connectivity index (χ1) is 11.8. The Labute approximate surface area is 171 Å². The highest BCUT2D eigenvalue weighted by atomic mass is 127. The molecule has 0 amide bonds. The quantitative estimate of drug-likeness (QED) is 0.384. The molecule has 0 saturated carbocycles. The van der Waals surface area contributed by atoms with Crippen LogP contribution in [0.2, 0.25) is 0 Å². The molecule has 0 atom stereocenters. The summed E-state index contributed by atoms with van der Waals surface area (Å²) in [6.45, 7) is 2.72. The summed E-state index contributed by atoms with van der Waals surface area (Å²) in [6, 6.07) is 11.6. The highest BCUT2D eigenvalue weighted by molar-refractivity contribution is 14.0. The van der Waals surface area contributed by atoms with E-state index in [0.29, 0.717) is 29.5 Å². The van der Waals surface area contributed by atoms with E-state index in [-0.39, 0.29) is 29.8 Å². The molecule has 2 aromatic rings. The maximum absolute atomic E-state index is 13.2. The van der Waals surface area contributed by atoms with Crippen LogP contribution in [0.4, 0.5) is 4.39 Å². The summed E-state index contributed by atoms with van der Waals surface area (Å²) < 4.78 is 36.5. The van der Waals surface area contributed by atoms with E-state index in [2.05, 4.69) is 15.6 Å². The summed E-state index contributed by atoms with van der Waals surface area (Å²) >= 11 is 0. The number of hydrogen-bond donors (Lipinski definition) is 2. The lowest BCUT2D eigenvalue weighted by Crippen LogP contribution is -2.36. The highest BCUT2D eigenvalue weighted by Crippen LogP contribution is 2.16. The fourth-order valence-corrected chi connectivity index (χ4v) is 3.44. The molecule has 8 heteroatoms. The monoisotopic (exact) mass is 491 g/mol. The molecule has 0 aliphatic heterocycles. The summed E-state index contributed by atoms with van der Waals surface area (Å²) in [6.07, 6.45) is 1.20. The summed E-state index contributed by atoms with van der Waals surface area (Å²) in [5, 5.41) is 6.26. The van der Waals surface area contributed by atoms with Crippen LogP contribution in [0.1, 0.15) is 16.7 Å². The molecule has 0 unspecified atom stereocenters. The third-order valence-electron chi connectivity index (χ3n) is 3.67. The van der Waals surface area contributed by atoms with E-state index in [4.69, 9.17) is 0 Å². The predicted molar refractivity (Wildman–Crippen MR) is 113 cm³/mol. The third-order valence-corrected chi connectivity index (χ3v) is 4.93. The Bertz CT molecular complexity index is 886. The number of aryl methyl sites for hydroxylation is 1. The van der Waals surface area contributed by atoms with Gasteiger partial charge in [0.05, 0.1) is 4.90 Å². The average Bonchev–Trinajstić information content (AvgIpc) is 2.54. The number of nitrogens with one attached hydrogen (secondary N) is 2. The van der Waals surface area contributed by atoms with Gasteiger partial charge in [0.1, 0.15) is 5.82 Å². The minimum absolute atomic E-state index is 0. The molecule has 0 saturated heterocycles. The molecule has 5 nitrogen and oxygen atoms in total. The Hall–Kier alpha value is -1.68. The highest BCUT2D eigenvalue weighted by Gasteiger charge is 2.11. The number of hydrogen-bond acceptors (Lipinski definition) is 3. The van der Waals surface area contributed by atoms with Crippen molar-refractivity contribution in [3.05, 3.63) is 65.0 Å². The standard InChI is InChI=1S/C18H22FN3O2S.HI/c1-13-9-15(7-8-17(13)25(3,23)24)12-22-18(20-2)21-11-14-5-4-6-16(19)10-14;/h4-10H,11-12H2,1-3H3,(H2,20,21,22);1H. The van der Waals surface area contributed by atoms with Gasteiger partial charge in [-0.3, -0.25) is 4.99 Å². The fraction of sp³-hybridized carbons (Fsp3) is 0.278. The van der Waals surface area contributed by atoms with Crippen molar-refractivity contribution < 1.29 is 12.8 Å². The van der Waals surface area contributed by atoms with Crippen LogP contribution in [0.25, 0.3) is 0 Å².